The van der Waals surface area contributed by atoms with E-state index in [1.165, 1.54) is 12.3 Å². The second kappa shape index (κ2) is 5.16. The second-order valence-corrected chi connectivity index (χ2v) is 3.34. The van der Waals surface area contributed by atoms with Crippen LogP contribution < -0.4 is 10.1 Å². The maximum Gasteiger partial charge on any atom is 0.422 e. The Kier molecular flexibility index (Phi) is 4.12. The van der Waals surface area contributed by atoms with Crippen LogP contribution in [0.1, 0.15) is 18.5 Å². The third-order valence-electron chi connectivity index (χ3n) is 2.08. The van der Waals surface area contributed by atoms with Crippen molar-refractivity contribution >= 4 is 0 Å². The van der Waals surface area contributed by atoms with Crippen LogP contribution in [0.2, 0.25) is 0 Å². The molecule has 1 heterocycles. The number of hydrogen-bond donors (Lipinski definition) is 1. The van der Waals surface area contributed by atoms with Crippen LogP contribution in [-0.4, -0.2) is 24.8 Å². The van der Waals surface area contributed by atoms with Gasteiger partial charge >= 0.3 is 6.18 Å². The standard InChI is InChI=1S/C10H13F3N2O/c1-7(14-2)8-3-4-9(15-5-8)16-6-10(11,12)13/h3-5,7,14H,6H2,1-2H3. The predicted molar refractivity (Wildman–Crippen MR) is 53.3 cm³/mol. The van der Waals surface area contributed by atoms with Crippen molar-refractivity contribution in [3.05, 3.63) is 23.9 Å². The Morgan fingerprint density at radius 1 is 1.44 bits per heavy atom. The van der Waals surface area contributed by atoms with Crippen LogP contribution in [0, 0.1) is 0 Å². The number of aromatic nitrogens is 1. The van der Waals surface area contributed by atoms with Crippen LogP contribution in [-0.2, 0) is 0 Å². The molecule has 3 nitrogen and oxygen atoms in total. The van der Waals surface area contributed by atoms with E-state index in [4.69, 9.17) is 0 Å². The van der Waals surface area contributed by atoms with Gasteiger partial charge in [-0.05, 0) is 19.5 Å². The number of nitrogens with zero attached hydrogens (tertiary/aromatic N) is 1. The van der Waals surface area contributed by atoms with Crippen molar-refractivity contribution in [2.45, 2.75) is 19.1 Å². The zero-order chi connectivity index (χ0) is 12.2. The summed E-state index contributed by atoms with van der Waals surface area (Å²) in [5.74, 6) is -0.0237. The average molecular weight is 234 g/mol. The van der Waals surface area contributed by atoms with E-state index < -0.39 is 12.8 Å². The molecule has 0 amide bonds. The van der Waals surface area contributed by atoms with Crippen LogP contribution in [0.4, 0.5) is 13.2 Å². The molecule has 0 saturated heterocycles. The summed E-state index contributed by atoms with van der Waals surface area (Å²) in [6, 6.07) is 3.21. The lowest BCUT2D eigenvalue weighted by molar-refractivity contribution is -0.154. The molecule has 0 saturated carbocycles. The van der Waals surface area contributed by atoms with E-state index in [1.807, 2.05) is 6.92 Å². The molecule has 16 heavy (non-hydrogen) atoms. The fourth-order valence-corrected chi connectivity index (χ4v) is 1.06. The number of ether oxygens (including phenoxy) is 1. The lowest BCUT2D eigenvalue weighted by Gasteiger charge is -2.11. The highest BCUT2D eigenvalue weighted by Crippen LogP contribution is 2.18. The van der Waals surface area contributed by atoms with E-state index >= 15 is 0 Å². The van der Waals surface area contributed by atoms with Crippen LogP contribution >= 0.6 is 0 Å². The Hall–Kier alpha value is -1.30. The minimum Gasteiger partial charge on any atom is -0.468 e. The van der Waals surface area contributed by atoms with Gasteiger partial charge in [0.15, 0.2) is 6.61 Å². The van der Waals surface area contributed by atoms with E-state index in [0.717, 1.165) is 5.56 Å². The Morgan fingerprint density at radius 3 is 2.56 bits per heavy atom. The van der Waals surface area contributed by atoms with E-state index in [-0.39, 0.29) is 11.9 Å². The van der Waals surface area contributed by atoms with Gasteiger partial charge in [-0.25, -0.2) is 4.98 Å². The highest BCUT2D eigenvalue weighted by molar-refractivity contribution is 5.20. The molecule has 0 spiro atoms. The molecule has 0 fully saturated rings. The van der Waals surface area contributed by atoms with Crippen molar-refractivity contribution in [2.24, 2.45) is 0 Å². The zero-order valence-electron chi connectivity index (χ0n) is 9.01. The summed E-state index contributed by atoms with van der Waals surface area (Å²) in [6.07, 6.45) is -2.84. The molecule has 6 heteroatoms. The van der Waals surface area contributed by atoms with E-state index in [2.05, 4.69) is 15.0 Å². The Morgan fingerprint density at radius 2 is 2.12 bits per heavy atom. The summed E-state index contributed by atoms with van der Waals surface area (Å²) in [5.41, 5.74) is 0.891. The molecule has 1 rings (SSSR count). The number of pyridine rings is 1. The summed E-state index contributed by atoms with van der Waals surface area (Å²) in [6.45, 7) is 0.605. The summed E-state index contributed by atoms with van der Waals surface area (Å²) < 4.78 is 40.0. The largest absolute Gasteiger partial charge is 0.468 e. The third kappa shape index (κ3) is 4.06. The first-order chi connectivity index (χ1) is 7.42. The molecule has 90 valence electrons. The van der Waals surface area contributed by atoms with Gasteiger partial charge in [-0.1, -0.05) is 6.07 Å². The monoisotopic (exact) mass is 234 g/mol. The Labute approximate surface area is 91.6 Å². The van der Waals surface area contributed by atoms with Crippen molar-refractivity contribution in [1.29, 1.82) is 0 Å². The number of halogens is 3. The van der Waals surface area contributed by atoms with Gasteiger partial charge < -0.3 is 10.1 Å². The lowest BCUT2D eigenvalue weighted by Crippen LogP contribution is -2.19. The van der Waals surface area contributed by atoms with Gasteiger partial charge in [-0.15, -0.1) is 0 Å². The third-order valence-corrected chi connectivity index (χ3v) is 2.08. The lowest BCUT2D eigenvalue weighted by atomic mass is 10.1. The topological polar surface area (TPSA) is 34.1 Å². The highest BCUT2D eigenvalue weighted by atomic mass is 19.4. The average Bonchev–Trinajstić information content (AvgIpc) is 2.25. The molecule has 0 aliphatic rings. The van der Waals surface area contributed by atoms with Crippen molar-refractivity contribution in [2.75, 3.05) is 13.7 Å². The minimum atomic E-state index is -4.33. The number of hydrogen-bond acceptors (Lipinski definition) is 3. The SMILES string of the molecule is CNC(C)c1ccc(OCC(F)(F)F)nc1. The smallest absolute Gasteiger partial charge is 0.422 e. The summed E-state index contributed by atoms with van der Waals surface area (Å²) in [4.78, 5) is 3.79. The Balaban J connectivity index is 2.58. The van der Waals surface area contributed by atoms with E-state index in [1.54, 1.807) is 13.1 Å². The van der Waals surface area contributed by atoms with Crippen molar-refractivity contribution in [1.82, 2.24) is 10.3 Å². The van der Waals surface area contributed by atoms with E-state index in [0.29, 0.717) is 0 Å². The number of nitrogens with one attached hydrogen (secondary N) is 1. The predicted octanol–water partition coefficient (Wildman–Crippen LogP) is 2.30. The summed E-state index contributed by atoms with van der Waals surface area (Å²) in [5, 5.41) is 3.00. The minimum absolute atomic E-state index is 0.0237. The molecular weight excluding hydrogens is 221 g/mol. The van der Waals surface area contributed by atoms with Crippen molar-refractivity contribution < 1.29 is 17.9 Å². The first kappa shape index (κ1) is 12.8. The molecule has 1 unspecified atom stereocenters. The Bertz CT molecular complexity index is 324. The number of rotatable bonds is 4. The molecule has 0 aliphatic heterocycles. The van der Waals surface area contributed by atoms with Crippen molar-refractivity contribution in [3.8, 4) is 5.88 Å². The molecular formula is C10H13F3N2O. The quantitative estimate of drug-likeness (QED) is 0.868. The second-order valence-electron chi connectivity index (χ2n) is 3.34. The fourth-order valence-electron chi connectivity index (χ4n) is 1.06. The molecule has 0 bridgehead atoms. The first-order valence-electron chi connectivity index (χ1n) is 4.75. The maximum absolute atomic E-state index is 11.8. The molecule has 0 radical (unpaired) electrons. The molecule has 1 atom stereocenters. The van der Waals surface area contributed by atoms with Gasteiger partial charge in [0.25, 0.3) is 0 Å². The van der Waals surface area contributed by atoms with Crippen molar-refractivity contribution in [3.63, 3.8) is 0 Å². The first-order valence-corrected chi connectivity index (χ1v) is 4.75. The van der Waals surface area contributed by atoms with Gasteiger partial charge in [-0.2, -0.15) is 13.2 Å². The number of alkyl halides is 3. The summed E-state index contributed by atoms with van der Waals surface area (Å²) >= 11 is 0. The van der Waals surface area contributed by atoms with Crippen LogP contribution in [0.25, 0.3) is 0 Å². The van der Waals surface area contributed by atoms with E-state index in [9.17, 15) is 13.2 Å². The fraction of sp³-hybridized carbons (Fsp3) is 0.500. The van der Waals surface area contributed by atoms with Gasteiger partial charge in [-0.3, -0.25) is 0 Å². The zero-order valence-corrected chi connectivity index (χ0v) is 9.01. The summed E-state index contributed by atoms with van der Waals surface area (Å²) in [7, 11) is 1.79. The van der Waals surface area contributed by atoms with Gasteiger partial charge in [0.2, 0.25) is 5.88 Å². The maximum atomic E-state index is 11.8. The molecule has 1 aromatic heterocycles. The normalized spacial score (nSPS) is 13.6. The van der Waals surface area contributed by atoms with Gasteiger partial charge in [0.05, 0.1) is 0 Å². The van der Waals surface area contributed by atoms with Crippen LogP contribution in [0.15, 0.2) is 18.3 Å². The molecule has 1 aromatic rings. The van der Waals surface area contributed by atoms with Gasteiger partial charge in [0, 0.05) is 18.3 Å². The van der Waals surface area contributed by atoms with Crippen LogP contribution in [0.3, 0.4) is 0 Å². The highest BCUT2D eigenvalue weighted by Gasteiger charge is 2.28. The molecule has 0 aliphatic carbocycles. The molecule has 0 aromatic carbocycles. The molecule has 1 N–H and O–H groups in total. The van der Waals surface area contributed by atoms with Crippen LogP contribution in [0.5, 0.6) is 5.88 Å². The van der Waals surface area contributed by atoms with Gasteiger partial charge in [0.1, 0.15) is 0 Å².